The van der Waals surface area contributed by atoms with E-state index in [1.165, 1.54) is 0 Å². The lowest BCUT2D eigenvalue weighted by Crippen LogP contribution is -2.13. The molecular formula is C7H7BrINO2S. The fourth-order valence-corrected chi connectivity index (χ4v) is 2.36. The highest BCUT2D eigenvalue weighted by molar-refractivity contribution is 14.1. The van der Waals surface area contributed by atoms with Gasteiger partial charge in [0.2, 0.25) is 10.0 Å². The maximum atomic E-state index is 11.2. The number of hydrogen-bond acceptors (Lipinski definition) is 2. The predicted octanol–water partition coefficient (Wildman–Crippen LogP) is 2.39. The monoisotopic (exact) mass is 375 g/mol. The number of nitrogens with one attached hydrogen (secondary N) is 1. The van der Waals surface area contributed by atoms with Crippen LogP contribution in [0.4, 0.5) is 5.69 Å². The van der Waals surface area contributed by atoms with Gasteiger partial charge in [-0.2, -0.15) is 0 Å². The third-order valence-corrected chi connectivity index (χ3v) is 4.85. The second-order valence-electron chi connectivity index (χ2n) is 2.31. The highest BCUT2D eigenvalue weighted by Crippen LogP contribution is 2.18. The molecular weight excluding hydrogens is 369 g/mol. The summed E-state index contributed by atoms with van der Waals surface area (Å²) >= 11 is 4.97. The Balaban J connectivity index is 2.93. The second-order valence-corrected chi connectivity index (χ2v) is 6.49. The molecule has 72 valence electrons. The summed E-state index contributed by atoms with van der Waals surface area (Å²) in [5, 5.41) is 0. The minimum Gasteiger partial charge on any atom is -0.282 e. The second kappa shape index (κ2) is 4.61. The number of sulfonamides is 1. The Hall–Kier alpha value is 0.180. The average Bonchev–Trinajstić information content (AvgIpc) is 2.09. The van der Waals surface area contributed by atoms with Gasteiger partial charge in [0.25, 0.3) is 0 Å². The zero-order chi connectivity index (χ0) is 9.90. The maximum absolute atomic E-state index is 11.2. The van der Waals surface area contributed by atoms with Crippen LogP contribution in [0, 0.1) is 3.57 Å². The molecule has 1 aromatic carbocycles. The number of alkyl halides is 1. The molecule has 6 heteroatoms. The summed E-state index contributed by atoms with van der Waals surface area (Å²) in [7, 11) is -3.23. The van der Waals surface area contributed by atoms with Crippen molar-refractivity contribution < 1.29 is 8.42 Å². The average molecular weight is 376 g/mol. The first-order valence-corrected chi connectivity index (χ1v) is 7.21. The highest BCUT2D eigenvalue weighted by Gasteiger charge is 2.08. The van der Waals surface area contributed by atoms with Crippen LogP contribution in [0.1, 0.15) is 0 Å². The molecule has 0 aliphatic carbocycles. The van der Waals surface area contributed by atoms with Crippen LogP contribution in [0.2, 0.25) is 0 Å². The Morgan fingerprint density at radius 2 is 2.00 bits per heavy atom. The van der Waals surface area contributed by atoms with E-state index in [2.05, 4.69) is 43.2 Å². The Labute approximate surface area is 99.2 Å². The normalized spacial score (nSPS) is 11.2. The molecule has 0 saturated heterocycles. The van der Waals surface area contributed by atoms with E-state index in [1.807, 2.05) is 12.1 Å². The molecule has 1 aromatic rings. The van der Waals surface area contributed by atoms with Gasteiger partial charge in [0.15, 0.2) is 0 Å². The van der Waals surface area contributed by atoms with E-state index in [9.17, 15) is 8.42 Å². The fourth-order valence-electron chi connectivity index (χ4n) is 0.739. The van der Waals surface area contributed by atoms with E-state index < -0.39 is 10.0 Å². The molecule has 0 saturated carbocycles. The van der Waals surface area contributed by atoms with Crippen molar-refractivity contribution in [3.05, 3.63) is 27.8 Å². The molecule has 3 nitrogen and oxygen atoms in total. The number of rotatable bonds is 3. The number of para-hydroxylation sites is 1. The molecule has 1 N–H and O–H groups in total. The Morgan fingerprint density at radius 3 is 2.54 bits per heavy atom. The molecule has 0 amide bonds. The summed E-state index contributed by atoms with van der Waals surface area (Å²) in [5.74, 6) is 0. The Bertz CT molecular complexity index is 393. The van der Waals surface area contributed by atoms with Gasteiger partial charge in [-0.25, -0.2) is 8.42 Å². The number of halogens is 2. The van der Waals surface area contributed by atoms with E-state index in [1.54, 1.807) is 12.1 Å². The summed E-state index contributed by atoms with van der Waals surface area (Å²) in [6, 6.07) is 7.20. The first-order chi connectivity index (χ1) is 6.05. The molecule has 0 aliphatic rings. The van der Waals surface area contributed by atoms with Gasteiger partial charge < -0.3 is 0 Å². The zero-order valence-corrected chi connectivity index (χ0v) is 11.1. The van der Waals surface area contributed by atoms with Gasteiger partial charge >= 0.3 is 0 Å². The molecule has 0 atom stereocenters. The lowest BCUT2D eigenvalue weighted by Gasteiger charge is -2.06. The Kier molecular flexibility index (Phi) is 3.99. The quantitative estimate of drug-likeness (QED) is 0.651. The van der Waals surface area contributed by atoms with E-state index in [-0.39, 0.29) is 4.66 Å². The molecule has 0 radical (unpaired) electrons. The minimum atomic E-state index is -3.23. The zero-order valence-electron chi connectivity index (χ0n) is 6.50. The summed E-state index contributed by atoms with van der Waals surface area (Å²) in [4.78, 5) is 0. The topological polar surface area (TPSA) is 46.2 Å². The van der Waals surface area contributed by atoms with Gasteiger partial charge in [-0.3, -0.25) is 4.72 Å². The summed E-state index contributed by atoms with van der Waals surface area (Å²) in [5.41, 5.74) is 0.613. The van der Waals surface area contributed by atoms with Crippen molar-refractivity contribution in [1.29, 1.82) is 0 Å². The van der Waals surface area contributed by atoms with Gasteiger partial charge in [0.1, 0.15) is 4.66 Å². The number of benzene rings is 1. The smallest absolute Gasteiger partial charge is 0.242 e. The van der Waals surface area contributed by atoms with Crippen molar-refractivity contribution in [2.75, 3.05) is 9.38 Å². The largest absolute Gasteiger partial charge is 0.282 e. The molecule has 0 fully saturated rings. The molecule has 0 bridgehead atoms. The first-order valence-electron chi connectivity index (χ1n) is 3.36. The van der Waals surface area contributed by atoms with Gasteiger partial charge in [0.05, 0.1) is 5.69 Å². The standard InChI is InChI=1S/C7H7BrINO2S/c8-5-13(11,12)10-7-4-2-1-3-6(7)9/h1-4,10H,5H2. The fraction of sp³-hybridized carbons (Fsp3) is 0.143. The van der Waals surface area contributed by atoms with Crippen molar-refractivity contribution in [1.82, 2.24) is 0 Å². The van der Waals surface area contributed by atoms with Crippen LogP contribution >= 0.6 is 38.5 Å². The van der Waals surface area contributed by atoms with Crippen molar-refractivity contribution in [3.8, 4) is 0 Å². The molecule has 13 heavy (non-hydrogen) atoms. The van der Waals surface area contributed by atoms with Crippen molar-refractivity contribution in [3.63, 3.8) is 0 Å². The highest BCUT2D eigenvalue weighted by atomic mass is 127. The van der Waals surface area contributed by atoms with Gasteiger partial charge in [0, 0.05) is 3.57 Å². The summed E-state index contributed by atoms with van der Waals surface area (Å²) in [6.45, 7) is 0. The van der Waals surface area contributed by atoms with Crippen LogP contribution in [-0.4, -0.2) is 13.1 Å². The number of anilines is 1. The minimum absolute atomic E-state index is 0.0923. The maximum Gasteiger partial charge on any atom is 0.242 e. The van der Waals surface area contributed by atoms with E-state index >= 15 is 0 Å². The van der Waals surface area contributed by atoms with Crippen LogP contribution in [-0.2, 0) is 10.0 Å². The van der Waals surface area contributed by atoms with E-state index in [0.29, 0.717) is 5.69 Å². The first kappa shape index (κ1) is 11.3. The van der Waals surface area contributed by atoms with Crippen molar-refractivity contribution in [2.24, 2.45) is 0 Å². The molecule has 0 unspecified atom stereocenters. The van der Waals surface area contributed by atoms with Crippen molar-refractivity contribution in [2.45, 2.75) is 0 Å². The van der Waals surface area contributed by atoms with Gasteiger partial charge in [-0.05, 0) is 34.7 Å². The lowest BCUT2D eigenvalue weighted by molar-refractivity contribution is 0.606. The molecule has 1 rings (SSSR count). The van der Waals surface area contributed by atoms with Crippen LogP contribution in [0.3, 0.4) is 0 Å². The predicted molar refractivity (Wildman–Crippen MR) is 65.5 cm³/mol. The van der Waals surface area contributed by atoms with Crippen LogP contribution in [0.5, 0.6) is 0 Å². The van der Waals surface area contributed by atoms with Gasteiger partial charge in [-0.15, -0.1) is 0 Å². The van der Waals surface area contributed by atoms with Crippen molar-refractivity contribution >= 4 is 54.2 Å². The molecule has 0 heterocycles. The van der Waals surface area contributed by atoms with Crippen LogP contribution in [0.15, 0.2) is 24.3 Å². The lowest BCUT2D eigenvalue weighted by atomic mass is 10.3. The molecule has 0 aromatic heterocycles. The van der Waals surface area contributed by atoms with E-state index in [0.717, 1.165) is 3.57 Å². The van der Waals surface area contributed by atoms with Crippen LogP contribution < -0.4 is 4.72 Å². The van der Waals surface area contributed by atoms with Crippen LogP contribution in [0.25, 0.3) is 0 Å². The SMILES string of the molecule is O=S(=O)(CBr)Nc1ccccc1I. The van der Waals surface area contributed by atoms with Gasteiger partial charge in [-0.1, -0.05) is 28.1 Å². The number of hydrogen-bond donors (Lipinski definition) is 1. The van der Waals surface area contributed by atoms with E-state index in [4.69, 9.17) is 0 Å². The summed E-state index contributed by atoms with van der Waals surface area (Å²) in [6.07, 6.45) is 0. The molecule has 0 aliphatic heterocycles. The molecule has 0 spiro atoms. The third-order valence-electron chi connectivity index (χ3n) is 1.28. The third kappa shape index (κ3) is 3.43. The summed E-state index contributed by atoms with van der Waals surface area (Å²) < 4.78 is 25.6. The Morgan fingerprint density at radius 1 is 1.38 bits per heavy atom.